The van der Waals surface area contributed by atoms with Crippen molar-refractivity contribution in [2.45, 2.75) is 18.3 Å². The van der Waals surface area contributed by atoms with Crippen LogP contribution < -0.4 is 5.73 Å². The Morgan fingerprint density at radius 2 is 2.31 bits per heavy atom. The van der Waals surface area contributed by atoms with Crippen LogP contribution in [0.1, 0.15) is 6.92 Å². The lowest BCUT2D eigenvalue weighted by Crippen LogP contribution is -2.71. The molecule has 0 aromatic rings. The molecule has 3 atom stereocenters. The molecule has 0 aliphatic carbocycles. The van der Waals surface area contributed by atoms with Crippen LogP contribution in [0.2, 0.25) is 0 Å². The number of thioether (sulfide) groups is 1. The lowest BCUT2D eigenvalue weighted by molar-refractivity contribution is -0.158. The molecular weight excluding hydrogens is 252 g/mol. The SMILES string of the molecule is COC(=O)C1(C)CS[C@@H]2C(N)C(=O)N2C1.Cl. The third-order valence-electron chi connectivity index (χ3n) is 2.95. The van der Waals surface area contributed by atoms with Crippen LogP contribution in [0.25, 0.3) is 0 Å². The van der Waals surface area contributed by atoms with Gasteiger partial charge >= 0.3 is 5.97 Å². The Morgan fingerprint density at radius 3 is 2.88 bits per heavy atom. The molecule has 2 unspecified atom stereocenters. The molecule has 2 aliphatic rings. The number of halogens is 1. The lowest BCUT2D eigenvalue weighted by Gasteiger charge is -2.52. The Hall–Kier alpha value is -0.460. The first-order chi connectivity index (χ1) is 6.99. The summed E-state index contributed by atoms with van der Waals surface area (Å²) in [6, 6.07) is -0.391. The highest BCUT2D eigenvalue weighted by Crippen LogP contribution is 2.41. The number of hydrogen-bond acceptors (Lipinski definition) is 5. The van der Waals surface area contributed by atoms with Gasteiger partial charge in [0.05, 0.1) is 12.5 Å². The van der Waals surface area contributed by atoms with E-state index in [0.29, 0.717) is 12.3 Å². The molecule has 0 aromatic carbocycles. The summed E-state index contributed by atoms with van der Waals surface area (Å²) in [7, 11) is 1.37. The standard InChI is InChI=1S/C9H14N2O3S.ClH/c1-9(8(13)14-2)3-11-6(12)5(10)7(11)15-4-9;/h5,7H,3-4,10H2,1-2H3;1H/t5?,7-,9?;/m1./s1. The summed E-state index contributed by atoms with van der Waals surface area (Å²) in [4.78, 5) is 24.6. The van der Waals surface area contributed by atoms with Crippen molar-refractivity contribution in [1.29, 1.82) is 0 Å². The number of fused-ring (bicyclic) bond motifs is 1. The summed E-state index contributed by atoms with van der Waals surface area (Å²) in [6.45, 7) is 2.24. The van der Waals surface area contributed by atoms with E-state index in [9.17, 15) is 9.59 Å². The molecule has 5 nitrogen and oxygen atoms in total. The number of nitrogens with two attached hydrogens (primary N) is 1. The third-order valence-corrected chi connectivity index (χ3v) is 4.65. The van der Waals surface area contributed by atoms with Gasteiger partial charge in [0.2, 0.25) is 5.91 Å². The minimum atomic E-state index is -0.592. The van der Waals surface area contributed by atoms with E-state index in [4.69, 9.17) is 10.5 Å². The summed E-state index contributed by atoms with van der Waals surface area (Å²) in [6.07, 6.45) is 0. The molecule has 0 bridgehead atoms. The van der Waals surface area contributed by atoms with Gasteiger partial charge in [-0.2, -0.15) is 0 Å². The fraction of sp³-hybridized carbons (Fsp3) is 0.778. The molecule has 2 N–H and O–H groups in total. The van der Waals surface area contributed by atoms with E-state index in [1.807, 2.05) is 6.92 Å². The molecule has 0 saturated carbocycles. The van der Waals surface area contributed by atoms with Gasteiger partial charge in [-0.15, -0.1) is 24.2 Å². The Balaban J connectivity index is 0.00000128. The van der Waals surface area contributed by atoms with Crippen molar-refractivity contribution in [1.82, 2.24) is 4.90 Å². The van der Waals surface area contributed by atoms with Crippen LogP contribution in [0.5, 0.6) is 0 Å². The largest absolute Gasteiger partial charge is 0.469 e. The molecule has 7 heteroatoms. The maximum atomic E-state index is 11.5. The fourth-order valence-corrected chi connectivity index (χ4v) is 3.40. The molecule has 92 valence electrons. The van der Waals surface area contributed by atoms with Crippen molar-refractivity contribution in [2.75, 3.05) is 19.4 Å². The highest BCUT2D eigenvalue weighted by Gasteiger charge is 2.54. The topological polar surface area (TPSA) is 72.6 Å². The smallest absolute Gasteiger partial charge is 0.314 e. The Labute approximate surface area is 104 Å². The number of esters is 1. The van der Waals surface area contributed by atoms with Gasteiger partial charge in [-0.25, -0.2) is 0 Å². The van der Waals surface area contributed by atoms with Crippen molar-refractivity contribution in [2.24, 2.45) is 11.1 Å². The zero-order valence-corrected chi connectivity index (χ0v) is 10.8. The van der Waals surface area contributed by atoms with E-state index in [1.54, 1.807) is 16.7 Å². The number of β-lactam (4-membered cyclic amide) rings is 1. The van der Waals surface area contributed by atoms with Gasteiger partial charge < -0.3 is 15.4 Å². The van der Waals surface area contributed by atoms with Crippen molar-refractivity contribution in [3.05, 3.63) is 0 Å². The molecule has 2 heterocycles. The van der Waals surface area contributed by atoms with Gasteiger partial charge in [0.25, 0.3) is 0 Å². The quantitative estimate of drug-likeness (QED) is 0.527. The van der Waals surface area contributed by atoms with E-state index in [-0.39, 0.29) is 29.7 Å². The molecule has 2 saturated heterocycles. The van der Waals surface area contributed by atoms with Crippen LogP contribution in [-0.2, 0) is 14.3 Å². The van der Waals surface area contributed by atoms with Gasteiger partial charge in [-0.1, -0.05) is 0 Å². The number of amides is 1. The zero-order valence-electron chi connectivity index (χ0n) is 9.13. The fourth-order valence-electron chi connectivity index (χ4n) is 1.97. The third kappa shape index (κ3) is 1.78. The predicted octanol–water partition coefficient (Wildman–Crippen LogP) is -0.170. The molecular formula is C9H15ClN2O3S. The maximum Gasteiger partial charge on any atom is 0.314 e. The number of nitrogens with zero attached hydrogens (tertiary/aromatic N) is 1. The van der Waals surface area contributed by atoms with E-state index in [0.717, 1.165) is 0 Å². The molecule has 2 fully saturated rings. The second kappa shape index (κ2) is 4.43. The second-order valence-electron chi connectivity index (χ2n) is 4.25. The first kappa shape index (κ1) is 13.6. The summed E-state index contributed by atoms with van der Waals surface area (Å²) in [5.41, 5.74) is 5.05. The Kier molecular flexibility index (Phi) is 3.76. The van der Waals surface area contributed by atoms with Gasteiger partial charge in [0.1, 0.15) is 11.4 Å². The van der Waals surface area contributed by atoms with E-state index >= 15 is 0 Å². The zero-order chi connectivity index (χ0) is 11.2. The molecule has 1 amide bonds. The number of methoxy groups -OCH3 is 1. The average Bonchev–Trinajstić information content (AvgIpc) is 2.26. The normalized spacial score (nSPS) is 36.9. The van der Waals surface area contributed by atoms with Crippen molar-refractivity contribution in [3.63, 3.8) is 0 Å². The molecule has 0 aromatic heterocycles. The summed E-state index contributed by atoms with van der Waals surface area (Å²) >= 11 is 1.55. The van der Waals surface area contributed by atoms with Crippen LogP contribution in [0, 0.1) is 5.41 Å². The molecule has 16 heavy (non-hydrogen) atoms. The minimum absolute atomic E-state index is 0. The first-order valence-electron chi connectivity index (χ1n) is 4.76. The monoisotopic (exact) mass is 266 g/mol. The number of ether oxygens (including phenoxy) is 1. The molecule has 0 radical (unpaired) electrons. The lowest BCUT2D eigenvalue weighted by atomic mass is 9.90. The number of carbonyl (C=O) groups is 2. The van der Waals surface area contributed by atoms with Gasteiger partial charge in [-0.05, 0) is 6.92 Å². The highest BCUT2D eigenvalue weighted by atomic mass is 35.5. The van der Waals surface area contributed by atoms with Crippen LogP contribution in [0.3, 0.4) is 0 Å². The van der Waals surface area contributed by atoms with Crippen LogP contribution >= 0.6 is 24.2 Å². The van der Waals surface area contributed by atoms with Crippen molar-refractivity contribution < 1.29 is 14.3 Å². The highest BCUT2D eigenvalue weighted by molar-refractivity contribution is 8.00. The average molecular weight is 267 g/mol. The number of carbonyl (C=O) groups excluding carboxylic acids is 2. The van der Waals surface area contributed by atoms with Gasteiger partial charge in [-0.3, -0.25) is 9.59 Å². The number of hydrogen-bond donors (Lipinski definition) is 1. The van der Waals surface area contributed by atoms with Crippen LogP contribution in [0.15, 0.2) is 0 Å². The second-order valence-corrected chi connectivity index (χ2v) is 5.35. The van der Waals surface area contributed by atoms with Gasteiger partial charge in [0.15, 0.2) is 0 Å². The van der Waals surface area contributed by atoms with Crippen molar-refractivity contribution in [3.8, 4) is 0 Å². The minimum Gasteiger partial charge on any atom is -0.469 e. The Bertz CT molecular complexity index is 328. The molecule has 2 aliphatic heterocycles. The van der Waals surface area contributed by atoms with E-state index in [2.05, 4.69) is 0 Å². The molecule has 0 spiro atoms. The predicted molar refractivity (Wildman–Crippen MR) is 63.3 cm³/mol. The summed E-state index contributed by atoms with van der Waals surface area (Å²) < 4.78 is 4.74. The maximum absolute atomic E-state index is 11.5. The van der Waals surface area contributed by atoms with Gasteiger partial charge in [0, 0.05) is 12.3 Å². The van der Waals surface area contributed by atoms with Crippen molar-refractivity contribution >= 4 is 36.0 Å². The number of rotatable bonds is 1. The first-order valence-corrected chi connectivity index (χ1v) is 5.80. The summed E-state index contributed by atoms with van der Waals surface area (Å²) in [5.74, 6) is 0.325. The molecule has 2 rings (SSSR count). The van der Waals surface area contributed by atoms with E-state index < -0.39 is 11.5 Å². The van der Waals surface area contributed by atoms with Crippen LogP contribution in [0.4, 0.5) is 0 Å². The van der Waals surface area contributed by atoms with E-state index in [1.165, 1.54) is 7.11 Å². The van der Waals surface area contributed by atoms with Crippen LogP contribution in [-0.4, -0.2) is 47.6 Å². The Morgan fingerprint density at radius 1 is 1.69 bits per heavy atom. The summed E-state index contributed by atoms with van der Waals surface area (Å²) in [5, 5.41) is 0.0511.